The number of fused-ring (bicyclic) bond motifs is 1. The van der Waals surface area contributed by atoms with Crippen LogP contribution in [0.5, 0.6) is 5.75 Å². The van der Waals surface area contributed by atoms with Crippen molar-refractivity contribution in [1.82, 2.24) is 19.4 Å². The van der Waals surface area contributed by atoms with Crippen molar-refractivity contribution >= 4 is 27.9 Å². The molecule has 1 fully saturated rings. The van der Waals surface area contributed by atoms with Gasteiger partial charge in [-0.3, -0.25) is 14.7 Å². The number of alkyl halides is 3. The quantitative estimate of drug-likeness (QED) is 0.529. The number of piperidine rings is 1. The Morgan fingerprint density at radius 2 is 1.82 bits per heavy atom. The number of halogens is 3. The Hall–Kier alpha value is -3.66. The first-order valence-corrected chi connectivity index (χ1v) is 12.6. The largest absolute Gasteiger partial charge is 0.492 e. The fourth-order valence-corrected chi connectivity index (χ4v) is 5.67. The van der Waals surface area contributed by atoms with E-state index in [1.807, 2.05) is 0 Å². The highest BCUT2D eigenvalue weighted by molar-refractivity contribution is 7.89. The number of likely N-dealkylation sites (tertiary alicyclic amines) is 1. The number of esters is 1. The molecule has 0 saturated carbocycles. The molecule has 1 amide bonds. The summed E-state index contributed by atoms with van der Waals surface area (Å²) in [5.41, 5.74) is -0.131. The van der Waals surface area contributed by atoms with Crippen LogP contribution in [0.3, 0.4) is 0 Å². The van der Waals surface area contributed by atoms with Crippen molar-refractivity contribution in [3.63, 3.8) is 0 Å². The molecule has 2 N–H and O–H groups in total. The Balaban J connectivity index is 0.000000505. The van der Waals surface area contributed by atoms with Gasteiger partial charge in [-0.1, -0.05) is 12.1 Å². The number of aromatic nitrogens is 2. The number of hydrogen-bond acceptors (Lipinski definition) is 8. The Labute approximate surface area is 215 Å². The number of carboxylic acids is 1. The predicted octanol–water partition coefficient (Wildman–Crippen LogP) is 1.52. The van der Waals surface area contributed by atoms with Gasteiger partial charge >= 0.3 is 18.1 Å². The number of sulfonamides is 1. The third kappa shape index (κ3) is 6.61. The zero-order chi connectivity index (χ0) is 28.1. The summed E-state index contributed by atoms with van der Waals surface area (Å²) >= 11 is 0. The standard InChI is InChI=1S/C20H24N4O6S.C2HF3O2/c1-29-18(25)12-24-13-20(14-30-16-4-2-3-5-17(16)31(24,27)28)7-10-23(11-8-20)19(26)15-6-9-21-22-15;3-2(4,5)1(6)7/h2-6,9H,7-8,10-14H2,1H3,(H,21,22);(H,6,7). The number of benzene rings is 1. The average molecular weight is 563 g/mol. The van der Waals surface area contributed by atoms with Gasteiger partial charge in [-0.05, 0) is 31.0 Å². The van der Waals surface area contributed by atoms with E-state index in [1.165, 1.54) is 23.7 Å². The SMILES string of the molecule is COC(=O)CN1CC2(CCN(C(=O)c3ccn[nH]3)CC2)COc2ccccc2S1(=O)=O.O=C(O)C(F)(F)F. The molecular formula is C22H25F3N4O8S. The molecule has 208 valence electrons. The molecule has 1 saturated heterocycles. The van der Waals surface area contributed by atoms with E-state index in [1.54, 1.807) is 29.2 Å². The third-order valence-electron chi connectivity index (χ3n) is 6.13. The molecule has 1 aromatic heterocycles. The number of H-pyrrole nitrogens is 1. The number of rotatable bonds is 3. The number of aliphatic carboxylic acids is 1. The molecule has 1 spiro atoms. The lowest BCUT2D eigenvalue weighted by Crippen LogP contribution is -2.53. The molecule has 38 heavy (non-hydrogen) atoms. The number of carboxylic acid groups (broad SMARTS) is 1. The van der Waals surface area contributed by atoms with Gasteiger partial charge in [0, 0.05) is 31.2 Å². The molecule has 0 atom stereocenters. The first-order chi connectivity index (χ1) is 17.8. The van der Waals surface area contributed by atoms with E-state index in [4.69, 9.17) is 19.4 Å². The van der Waals surface area contributed by atoms with Crippen molar-refractivity contribution in [1.29, 1.82) is 0 Å². The first-order valence-electron chi connectivity index (χ1n) is 11.2. The summed E-state index contributed by atoms with van der Waals surface area (Å²) in [5, 5.41) is 13.6. The Morgan fingerprint density at radius 3 is 2.37 bits per heavy atom. The number of carbonyl (C=O) groups excluding carboxylic acids is 2. The molecule has 0 radical (unpaired) electrons. The minimum absolute atomic E-state index is 0.0283. The number of hydrogen-bond donors (Lipinski definition) is 2. The van der Waals surface area contributed by atoms with Gasteiger partial charge in [0.2, 0.25) is 10.0 Å². The van der Waals surface area contributed by atoms with Crippen molar-refractivity contribution in [3.05, 3.63) is 42.2 Å². The van der Waals surface area contributed by atoms with Crippen molar-refractivity contribution in [3.8, 4) is 5.75 Å². The van der Waals surface area contributed by atoms with Crippen LogP contribution in [0.2, 0.25) is 0 Å². The number of carbonyl (C=O) groups is 3. The molecule has 12 nitrogen and oxygen atoms in total. The van der Waals surface area contributed by atoms with Crippen molar-refractivity contribution < 1.29 is 50.6 Å². The maximum Gasteiger partial charge on any atom is 0.490 e. The van der Waals surface area contributed by atoms with E-state index in [0.717, 1.165) is 0 Å². The summed E-state index contributed by atoms with van der Waals surface area (Å²) in [7, 11) is -2.75. The fourth-order valence-electron chi connectivity index (χ4n) is 4.04. The average Bonchev–Trinajstić information content (AvgIpc) is 3.42. The van der Waals surface area contributed by atoms with Gasteiger partial charge in [-0.15, -0.1) is 0 Å². The van der Waals surface area contributed by atoms with E-state index in [2.05, 4.69) is 10.2 Å². The number of ether oxygens (including phenoxy) is 2. The van der Waals surface area contributed by atoms with Crippen molar-refractivity contribution in [2.75, 3.05) is 39.9 Å². The van der Waals surface area contributed by atoms with Crippen molar-refractivity contribution in [2.45, 2.75) is 23.9 Å². The van der Waals surface area contributed by atoms with E-state index in [-0.39, 0.29) is 36.2 Å². The molecular weight excluding hydrogens is 537 g/mol. The van der Waals surface area contributed by atoms with Gasteiger partial charge in [0.15, 0.2) is 0 Å². The maximum atomic E-state index is 13.3. The number of para-hydroxylation sites is 1. The van der Waals surface area contributed by atoms with Gasteiger partial charge in [0.1, 0.15) is 22.9 Å². The molecule has 2 aromatic rings. The molecule has 16 heteroatoms. The molecule has 0 bridgehead atoms. The highest BCUT2D eigenvalue weighted by Crippen LogP contribution is 2.39. The molecule has 0 aliphatic carbocycles. The summed E-state index contributed by atoms with van der Waals surface area (Å²) in [5.74, 6) is -3.28. The van der Waals surface area contributed by atoms with Gasteiger partial charge < -0.3 is 19.5 Å². The molecule has 2 aliphatic heterocycles. The summed E-state index contributed by atoms with van der Waals surface area (Å²) in [4.78, 5) is 35.3. The molecule has 1 aromatic carbocycles. The number of nitrogens with one attached hydrogen (secondary N) is 1. The van der Waals surface area contributed by atoms with E-state index >= 15 is 0 Å². The minimum atomic E-state index is -5.08. The van der Waals surface area contributed by atoms with Crippen LogP contribution in [0, 0.1) is 5.41 Å². The van der Waals surface area contributed by atoms with Crippen LogP contribution in [-0.4, -0.2) is 96.8 Å². The van der Waals surface area contributed by atoms with Crippen LogP contribution in [0.1, 0.15) is 23.3 Å². The highest BCUT2D eigenvalue weighted by atomic mass is 32.2. The maximum absolute atomic E-state index is 13.3. The van der Waals surface area contributed by atoms with Gasteiger partial charge in [0.05, 0.1) is 13.7 Å². The number of aromatic amines is 1. The Kier molecular flexibility index (Phi) is 8.66. The van der Waals surface area contributed by atoms with Gasteiger partial charge in [-0.2, -0.15) is 22.6 Å². The zero-order valence-electron chi connectivity index (χ0n) is 20.1. The Morgan fingerprint density at radius 1 is 1.18 bits per heavy atom. The van der Waals surface area contributed by atoms with Crippen LogP contribution in [0.15, 0.2) is 41.4 Å². The second-order valence-corrected chi connectivity index (χ2v) is 10.6. The smallest absolute Gasteiger partial charge is 0.490 e. The molecule has 3 heterocycles. The minimum Gasteiger partial charge on any atom is -0.492 e. The second kappa shape index (κ2) is 11.4. The molecule has 0 unspecified atom stereocenters. The zero-order valence-corrected chi connectivity index (χ0v) is 20.9. The summed E-state index contributed by atoms with van der Waals surface area (Å²) < 4.78 is 70.3. The van der Waals surface area contributed by atoms with E-state index in [9.17, 15) is 31.2 Å². The lowest BCUT2D eigenvalue weighted by Gasteiger charge is -2.44. The first kappa shape index (κ1) is 28.9. The van der Waals surface area contributed by atoms with Crippen LogP contribution in [0.25, 0.3) is 0 Å². The third-order valence-corrected chi connectivity index (χ3v) is 7.96. The normalized spacial score (nSPS) is 18.6. The topological polar surface area (TPSA) is 159 Å². The number of methoxy groups -OCH3 is 1. The Bertz CT molecular complexity index is 1260. The summed E-state index contributed by atoms with van der Waals surface area (Å²) in [6.45, 7) is 0.879. The van der Waals surface area contributed by atoms with E-state index in [0.29, 0.717) is 31.6 Å². The van der Waals surface area contributed by atoms with Gasteiger partial charge in [-0.25, -0.2) is 13.2 Å². The second-order valence-electron chi connectivity index (χ2n) is 8.65. The van der Waals surface area contributed by atoms with Crippen LogP contribution >= 0.6 is 0 Å². The number of amides is 1. The van der Waals surface area contributed by atoms with Crippen LogP contribution < -0.4 is 4.74 Å². The fraction of sp³-hybridized carbons (Fsp3) is 0.455. The highest BCUT2D eigenvalue weighted by Gasteiger charge is 2.44. The van der Waals surface area contributed by atoms with E-state index < -0.39 is 33.6 Å². The summed E-state index contributed by atoms with van der Waals surface area (Å²) in [6, 6.07) is 8.02. The molecule has 4 rings (SSSR count). The lowest BCUT2D eigenvalue weighted by molar-refractivity contribution is -0.192. The van der Waals surface area contributed by atoms with Gasteiger partial charge in [0.25, 0.3) is 5.91 Å². The summed E-state index contributed by atoms with van der Waals surface area (Å²) in [6.07, 6.45) is -2.50. The molecule has 2 aliphatic rings. The lowest BCUT2D eigenvalue weighted by atomic mass is 9.78. The van der Waals surface area contributed by atoms with Crippen molar-refractivity contribution in [2.24, 2.45) is 5.41 Å². The predicted molar refractivity (Wildman–Crippen MR) is 123 cm³/mol. The van der Waals surface area contributed by atoms with Crippen LogP contribution in [0.4, 0.5) is 13.2 Å². The van der Waals surface area contributed by atoms with Crippen LogP contribution in [-0.2, 0) is 24.3 Å². The monoisotopic (exact) mass is 562 g/mol. The number of nitrogens with zero attached hydrogens (tertiary/aromatic N) is 3.